The molecule has 0 radical (unpaired) electrons. The normalized spacial score (nSPS) is 14.0. The molecule has 4 nitrogen and oxygen atoms in total. The summed E-state index contributed by atoms with van der Waals surface area (Å²) in [4.78, 5) is 17.8. The lowest BCUT2D eigenvalue weighted by Crippen LogP contribution is -2.49. The van der Waals surface area contributed by atoms with Gasteiger partial charge in [0.25, 0.3) is 0 Å². The van der Waals surface area contributed by atoms with E-state index in [1.807, 2.05) is 50.4 Å². The van der Waals surface area contributed by atoms with Gasteiger partial charge in [-0.05, 0) is 26.3 Å². The molecule has 122 valence electrons. The number of aryl methyl sites for hydroxylation is 1. The highest BCUT2D eigenvalue weighted by atomic mass is 35.5. The largest absolute Gasteiger partial charge is 0.345 e. The Morgan fingerprint density at radius 2 is 1.91 bits per heavy atom. The fourth-order valence-electron chi connectivity index (χ4n) is 1.90. The Bertz CT molecular complexity index is 602. The van der Waals surface area contributed by atoms with Gasteiger partial charge >= 0.3 is 0 Å². The van der Waals surface area contributed by atoms with Crippen molar-refractivity contribution in [2.24, 2.45) is 5.73 Å². The van der Waals surface area contributed by atoms with Crippen molar-refractivity contribution in [1.29, 1.82) is 0 Å². The second-order valence-electron chi connectivity index (χ2n) is 5.07. The van der Waals surface area contributed by atoms with Crippen LogP contribution in [0, 0.1) is 6.92 Å². The smallest absolute Gasteiger partial charge is 0.244 e. The van der Waals surface area contributed by atoms with E-state index in [4.69, 9.17) is 5.73 Å². The number of amides is 1. The zero-order valence-corrected chi connectivity index (χ0v) is 15.1. The molecule has 3 N–H and O–H groups in total. The lowest BCUT2D eigenvalue weighted by Gasteiger charge is -2.25. The van der Waals surface area contributed by atoms with Crippen molar-refractivity contribution in [3.63, 3.8) is 0 Å². The first-order valence-electron chi connectivity index (χ1n) is 6.49. The van der Waals surface area contributed by atoms with Gasteiger partial charge in [-0.1, -0.05) is 30.3 Å². The van der Waals surface area contributed by atoms with Crippen LogP contribution in [0.1, 0.15) is 35.3 Å². The lowest BCUT2D eigenvalue weighted by molar-refractivity contribution is -0.126. The second-order valence-corrected chi connectivity index (χ2v) is 6.34. The number of aromatic nitrogens is 1. The highest BCUT2D eigenvalue weighted by Crippen LogP contribution is 2.22. The minimum Gasteiger partial charge on any atom is -0.345 e. The molecular formula is C15H21Cl2N3OS. The molecule has 2 rings (SSSR count). The van der Waals surface area contributed by atoms with Gasteiger partial charge in [0.1, 0.15) is 10.5 Å². The summed E-state index contributed by atoms with van der Waals surface area (Å²) < 4.78 is 0. The van der Waals surface area contributed by atoms with Crippen molar-refractivity contribution in [3.8, 4) is 0 Å². The molecule has 0 fully saturated rings. The monoisotopic (exact) mass is 361 g/mol. The Balaban J connectivity index is 0.00000220. The highest BCUT2D eigenvalue weighted by molar-refractivity contribution is 7.11. The SMILES string of the molecule is Cc1cnc(C(C)NC(=O)C(C)(N)c2ccccc2)s1.Cl.Cl. The number of nitrogens with two attached hydrogens (primary N) is 1. The fourth-order valence-corrected chi connectivity index (χ4v) is 2.67. The molecule has 7 heteroatoms. The molecule has 0 bridgehead atoms. The Morgan fingerprint density at radius 3 is 2.41 bits per heavy atom. The van der Waals surface area contributed by atoms with E-state index in [0.717, 1.165) is 15.4 Å². The van der Waals surface area contributed by atoms with E-state index in [9.17, 15) is 4.79 Å². The Morgan fingerprint density at radius 1 is 1.32 bits per heavy atom. The van der Waals surface area contributed by atoms with E-state index in [1.54, 1.807) is 18.3 Å². The van der Waals surface area contributed by atoms with E-state index in [2.05, 4.69) is 10.3 Å². The Kier molecular flexibility index (Phi) is 8.04. The van der Waals surface area contributed by atoms with E-state index >= 15 is 0 Å². The predicted molar refractivity (Wildman–Crippen MR) is 95.9 cm³/mol. The molecule has 1 aromatic heterocycles. The van der Waals surface area contributed by atoms with Crippen LogP contribution in [-0.4, -0.2) is 10.9 Å². The van der Waals surface area contributed by atoms with Gasteiger partial charge in [0.05, 0.1) is 6.04 Å². The number of thiazole rings is 1. The summed E-state index contributed by atoms with van der Waals surface area (Å²) in [5.74, 6) is -0.205. The molecule has 22 heavy (non-hydrogen) atoms. The van der Waals surface area contributed by atoms with Crippen molar-refractivity contribution < 1.29 is 4.79 Å². The average Bonchev–Trinajstić information content (AvgIpc) is 2.86. The molecule has 2 unspecified atom stereocenters. The van der Waals surface area contributed by atoms with Crippen LogP contribution < -0.4 is 11.1 Å². The van der Waals surface area contributed by atoms with Crippen molar-refractivity contribution in [2.45, 2.75) is 32.4 Å². The molecule has 0 saturated heterocycles. The molecule has 2 aromatic rings. The Labute approximate surface area is 147 Å². The number of rotatable bonds is 4. The molecular weight excluding hydrogens is 341 g/mol. The Hall–Kier alpha value is -1.14. The van der Waals surface area contributed by atoms with Crippen LogP contribution in [0.4, 0.5) is 0 Å². The topological polar surface area (TPSA) is 68.0 Å². The van der Waals surface area contributed by atoms with Gasteiger partial charge < -0.3 is 11.1 Å². The van der Waals surface area contributed by atoms with Crippen molar-refractivity contribution in [2.75, 3.05) is 0 Å². The van der Waals surface area contributed by atoms with Crippen molar-refractivity contribution in [3.05, 3.63) is 52.0 Å². The number of hydrogen-bond donors (Lipinski definition) is 2. The molecule has 0 saturated carbocycles. The molecule has 1 amide bonds. The zero-order chi connectivity index (χ0) is 14.8. The van der Waals surface area contributed by atoms with Gasteiger partial charge in [-0.3, -0.25) is 4.79 Å². The maximum atomic E-state index is 12.4. The van der Waals surface area contributed by atoms with E-state index in [0.29, 0.717) is 0 Å². The first-order chi connectivity index (χ1) is 9.41. The summed E-state index contributed by atoms with van der Waals surface area (Å²) in [5.41, 5.74) is 5.92. The minimum atomic E-state index is -1.05. The van der Waals surface area contributed by atoms with E-state index in [1.165, 1.54) is 0 Å². The number of carbonyl (C=O) groups excluding carboxylic acids is 1. The van der Waals surface area contributed by atoms with E-state index < -0.39 is 5.54 Å². The molecule has 0 aliphatic carbocycles. The van der Waals surface area contributed by atoms with Crippen LogP contribution in [-0.2, 0) is 10.3 Å². The second kappa shape index (κ2) is 8.48. The van der Waals surface area contributed by atoms with Gasteiger partial charge in [-0.15, -0.1) is 36.2 Å². The predicted octanol–water partition coefficient (Wildman–Crippen LogP) is 3.35. The van der Waals surface area contributed by atoms with Crippen LogP contribution in [0.25, 0.3) is 0 Å². The summed E-state index contributed by atoms with van der Waals surface area (Å²) in [6.45, 7) is 5.63. The molecule has 0 aliphatic rings. The third kappa shape index (κ3) is 4.68. The summed E-state index contributed by atoms with van der Waals surface area (Å²) in [6.07, 6.45) is 1.81. The molecule has 0 aliphatic heterocycles. The maximum absolute atomic E-state index is 12.4. The van der Waals surface area contributed by atoms with Gasteiger partial charge in [-0.2, -0.15) is 0 Å². The summed E-state index contributed by atoms with van der Waals surface area (Å²) in [5, 5.41) is 3.82. The quantitative estimate of drug-likeness (QED) is 0.877. The number of halogens is 2. The molecule has 0 spiro atoms. The fraction of sp³-hybridized carbons (Fsp3) is 0.333. The van der Waals surface area contributed by atoms with Crippen LogP contribution in [0.3, 0.4) is 0 Å². The van der Waals surface area contributed by atoms with E-state index in [-0.39, 0.29) is 36.8 Å². The van der Waals surface area contributed by atoms with Crippen molar-refractivity contribution >= 4 is 42.1 Å². The van der Waals surface area contributed by atoms with Crippen molar-refractivity contribution in [1.82, 2.24) is 10.3 Å². The first kappa shape index (κ1) is 20.9. The minimum absolute atomic E-state index is 0. The number of benzene rings is 1. The summed E-state index contributed by atoms with van der Waals surface area (Å²) >= 11 is 1.58. The van der Waals surface area contributed by atoms with Gasteiger partial charge in [0, 0.05) is 11.1 Å². The summed E-state index contributed by atoms with van der Waals surface area (Å²) in [6, 6.07) is 9.23. The van der Waals surface area contributed by atoms with Crippen LogP contribution in [0.5, 0.6) is 0 Å². The van der Waals surface area contributed by atoms with Crippen LogP contribution >= 0.6 is 36.2 Å². The average molecular weight is 362 g/mol. The number of carbonyl (C=O) groups is 1. The third-order valence-corrected chi connectivity index (χ3v) is 4.30. The van der Waals surface area contributed by atoms with Crippen LogP contribution in [0.15, 0.2) is 36.5 Å². The molecule has 2 atom stereocenters. The number of nitrogens with one attached hydrogen (secondary N) is 1. The maximum Gasteiger partial charge on any atom is 0.244 e. The standard InChI is InChI=1S/C15H19N3OS.2ClH/c1-10-9-17-13(20-10)11(2)18-14(19)15(3,16)12-7-5-4-6-8-12;;/h4-9,11H,16H2,1-3H3,(H,18,19);2*1H. The third-order valence-electron chi connectivity index (χ3n) is 3.20. The zero-order valence-electron chi connectivity index (χ0n) is 12.7. The molecule has 1 heterocycles. The van der Waals surface area contributed by atoms with Gasteiger partial charge in [0.15, 0.2) is 0 Å². The van der Waals surface area contributed by atoms with Crippen LogP contribution in [0.2, 0.25) is 0 Å². The van der Waals surface area contributed by atoms with Gasteiger partial charge in [0.2, 0.25) is 5.91 Å². The van der Waals surface area contributed by atoms with Gasteiger partial charge in [-0.25, -0.2) is 4.98 Å². The first-order valence-corrected chi connectivity index (χ1v) is 7.30. The molecule has 1 aromatic carbocycles. The summed E-state index contributed by atoms with van der Waals surface area (Å²) in [7, 11) is 0. The number of nitrogens with zero attached hydrogens (tertiary/aromatic N) is 1. The highest BCUT2D eigenvalue weighted by Gasteiger charge is 2.31. The number of hydrogen-bond acceptors (Lipinski definition) is 4. The lowest BCUT2D eigenvalue weighted by atomic mass is 9.92.